The largest absolute Gasteiger partial charge is 0.747 e. The summed E-state index contributed by atoms with van der Waals surface area (Å²) in [5, 5.41) is 0. The van der Waals surface area contributed by atoms with E-state index in [-0.39, 0.29) is 11.5 Å². The number of hydrogen-bond donors (Lipinski definition) is 1. The van der Waals surface area contributed by atoms with Gasteiger partial charge in [0.1, 0.15) is 5.82 Å². The van der Waals surface area contributed by atoms with Crippen LogP contribution in [0.4, 0.5) is 4.39 Å². The summed E-state index contributed by atoms with van der Waals surface area (Å²) in [6.07, 6.45) is 0. The smallest absolute Gasteiger partial charge is 0.423 e. The third-order valence-electron chi connectivity index (χ3n) is 1.17. The Morgan fingerprint density at radius 2 is 2.15 bits per heavy atom. The van der Waals surface area contributed by atoms with Crippen molar-refractivity contribution in [1.29, 1.82) is 0 Å². The van der Waals surface area contributed by atoms with Gasteiger partial charge in [0.05, 0.1) is 0 Å². The summed E-state index contributed by atoms with van der Waals surface area (Å²) in [5.74, 6) is -0.471. The van der Waals surface area contributed by atoms with Crippen molar-refractivity contribution in [3.8, 4) is 11.5 Å². The Morgan fingerprint density at radius 1 is 1.46 bits per heavy atom. The van der Waals surface area contributed by atoms with Crippen LogP contribution in [0.2, 0.25) is 0 Å². The van der Waals surface area contributed by atoms with E-state index in [9.17, 15) is 8.96 Å². The molecule has 1 rings (SSSR count). The lowest BCUT2D eigenvalue weighted by atomic mass is 10.3. The molecule has 1 atom stereocenters. The molecule has 13 heavy (non-hydrogen) atoms. The van der Waals surface area contributed by atoms with Gasteiger partial charge in [-0.15, -0.1) is 4.89 Å². The molecule has 0 aliphatic carbocycles. The van der Waals surface area contributed by atoms with Gasteiger partial charge in [0.2, 0.25) is 5.75 Å². The zero-order chi connectivity index (χ0) is 9.84. The molecular formula is C6H4FIO4P+. The highest BCUT2D eigenvalue weighted by atomic mass is 127. The van der Waals surface area contributed by atoms with E-state index in [4.69, 9.17) is 7.96 Å². The molecule has 0 heterocycles. The normalized spacial score (nSPS) is 10.8. The van der Waals surface area contributed by atoms with Gasteiger partial charge in [0.15, 0.2) is 28.8 Å². The second-order valence-electron chi connectivity index (χ2n) is 2.00. The minimum Gasteiger partial charge on any atom is -0.423 e. The van der Waals surface area contributed by atoms with E-state index in [1.165, 1.54) is 6.07 Å². The van der Waals surface area contributed by atoms with E-state index in [0.29, 0.717) is 0 Å². The summed E-state index contributed by atoms with van der Waals surface area (Å²) < 4.78 is 32.1. The summed E-state index contributed by atoms with van der Waals surface area (Å²) in [5.41, 5.74) is 0. The minimum atomic E-state index is -2.81. The van der Waals surface area contributed by atoms with E-state index in [2.05, 4.69) is 4.52 Å². The highest BCUT2D eigenvalue weighted by Crippen LogP contribution is 2.34. The Hall–Kier alpha value is -0.460. The van der Waals surface area contributed by atoms with E-state index < -0.39 is 14.1 Å². The monoisotopic (exact) mass is 317 g/mol. The maximum Gasteiger partial charge on any atom is 0.747 e. The maximum atomic E-state index is 12.6. The Labute approximate surface area is 88.3 Å². The van der Waals surface area contributed by atoms with Crippen molar-refractivity contribution in [3.05, 3.63) is 24.0 Å². The molecule has 0 fully saturated rings. The zero-order valence-corrected chi connectivity index (χ0v) is 9.16. The van der Waals surface area contributed by atoms with Crippen molar-refractivity contribution >= 4 is 31.3 Å². The Kier molecular flexibility index (Phi) is 3.83. The highest BCUT2D eigenvalue weighted by molar-refractivity contribution is 14.1. The van der Waals surface area contributed by atoms with Crippen molar-refractivity contribution in [2.75, 3.05) is 0 Å². The van der Waals surface area contributed by atoms with Crippen LogP contribution in [0.1, 0.15) is 0 Å². The van der Waals surface area contributed by atoms with Gasteiger partial charge >= 0.3 is 8.25 Å². The average molecular weight is 317 g/mol. The van der Waals surface area contributed by atoms with Crippen LogP contribution < -0.4 is 7.59 Å². The lowest BCUT2D eigenvalue weighted by Gasteiger charge is -1.99. The molecule has 0 amide bonds. The third-order valence-corrected chi connectivity index (χ3v) is 1.99. The third kappa shape index (κ3) is 3.06. The van der Waals surface area contributed by atoms with Crippen molar-refractivity contribution in [2.45, 2.75) is 0 Å². The molecule has 0 bridgehead atoms. The number of rotatable bonds is 3. The molecule has 1 N–H and O–H groups in total. The standard InChI is InChI=1S/C6H3FIO4P/c7-4-1-2-5(11-8)6(3-4)12-13(9)10/h1-3H/p+1. The number of benzene rings is 1. The van der Waals surface area contributed by atoms with Gasteiger partial charge in [0.25, 0.3) is 0 Å². The van der Waals surface area contributed by atoms with E-state index >= 15 is 0 Å². The van der Waals surface area contributed by atoms with Gasteiger partial charge in [0, 0.05) is 10.6 Å². The second kappa shape index (κ2) is 4.69. The molecule has 0 saturated heterocycles. The van der Waals surface area contributed by atoms with Crippen LogP contribution in [-0.4, -0.2) is 4.89 Å². The first-order chi connectivity index (χ1) is 6.13. The lowest BCUT2D eigenvalue weighted by Crippen LogP contribution is -1.86. The predicted molar refractivity (Wildman–Crippen MR) is 51.5 cm³/mol. The topological polar surface area (TPSA) is 55.8 Å². The number of hydrogen-bond acceptors (Lipinski definition) is 3. The molecule has 0 spiro atoms. The predicted octanol–water partition coefficient (Wildman–Crippen LogP) is 2.58. The first kappa shape index (κ1) is 10.6. The number of halogens is 2. The molecule has 0 radical (unpaired) electrons. The molecule has 1 aromatic carbocycles. The average Bonchev–Trinajstić information content (AvgIpc) is 2.03. The van der Waals surface area contributed by atoms with Crippen LogP contribution in [0, 0.1) is 5.82 Å². The highest BCUT2D eigenvalue weighted by Gasteiger charge is 2.19. The van der Waals surface area contributed by atoms with Gasteiger partial charge in [-0.2, -0.15) is 0 Å². The van der Waals surface area contributed by atoms with Crippen LogP contribution in [-0.2, 0) is 4.57 Å². The molecule has 0 aliphatic heterocycles. The first-order valence-electron chi connectivity index (χ1n) is 3.05. The molecule has 0 aliphatic rings. The molecule has 1 aromatic rings. The molecule has 0 aromatic heterocycles. The van der Waals surface area contributed by atoms with Crippen molar-refractivity contribution in [1.82, 2.24) is 0 Å². The van der Waals surface area contributed by atoms with Crippen LogP contribution >= 0.6 is 31.3 Å². The van der Waals surface area contributed by atoms with Crippen LogP contribution in [0.15, 0.2) is 18.2 Å². The maximum absolute atomic E-state index is 12.6. The van der Waals surface area contributed by atoms with E-state index in [1.807, 2.05) is 0 Å². The molecule has 1 unspecified atom stereocenters. The molecule has 70 valence electrons. The SMILES string of the molecule is O=[P+](O)Oc1cc(F)ccc1OI. The Morgan fingerprint density at radius 3 is 2.69 bits per heavy atom. The van der Waals surface area contributed by atoms with Crippen molar-refractivity contribution in [2.24, 2.45) is 0 Å². The van der Waals surface area contributed by atoms with Crippen LogP contribution in [0.5, 0.6) is 11.5 Å². The molecule has 4 nitrogen and oxygen atoms in total. The van der Waals surface area contributed by atoms with Gasteiger partial charge in [-0.3, -0.25) is 0 Å². The first-order valence-corrected chi connectivity index (χ1v) is 5.07. The van der Waals surface area contributed by atoms with E-state index in [1.54, 1.807) is 23.0 Å². The van der Waals surface area contributed by atoms with Crippen LogP contribution in [0.3, 0.4) is 0 Å². The minimum absolute atomic E-state index is 0.0991. The zero-order valence-electron chi connectivity index (χ0n) is 6.11. The second-order valence-corrected chi connectivity index (χ2v) is 3.10. The summed E-state index contributed by atoms with van der Waals surface area (Å²) >= 11 is 1.56. The summed E-state index contributed by atoms with van der Waals surface area (Å²) in [6, 6.07) is 3.43. The Balaban J connectivity index is 3.01. The molecule has 7 heteroatoms. The van der Waals surface area contributed by atoms with Gasteiger partial charge in [-0.1, -0.05) is 0 Å². The fourth-order valence-electron chi connectivity index (χ4n) is 0.701. The van der Waals surface area contributed by atoms with Crippen molar-refractivity contribution in [3.63, 3.8) is 0 Å². The quantitative estimate of drug-likeness (QED) is 0.688. The van der Waals surface area contributed by atoms with Gasteiger partial charge < -0.3 is 3.07 Å². The summed E-state index contributed by atoms with van der Waals surface area (Å²) in [7, 11) is -2.81. The van der Waals surface area contributed by atoms with Crippen LogP contribution in [0.25, 0.3) is 0 Å². The molecular weight excluding hydrogens is 313 g/mol. The van der Waals surface area contributed by atoms with Gasteiger partial charge in [-0.05, 0) is 12.1 Å². The van der Waals surface area contributed by atoms with Crippen molar-refractivity contribution < 1.29 is 21.4 Å². The van der Waals surface area contributed by atoms with E-state index in [0.717, 1.165) is 12.1 Å². The summed E-state index contributed by atoms with van der Waals surface area (Å²) in [4.78, 5) is 8.42. The fraction of sp³-hybridized carbons (Fsp3) is 0. The summed E-state index contributed by atoms with van der Waals surface area (Å²) in [6.45, 7) is 0. The van der Waals surface area contributed by atoms with Gasteiger partial charge in [-0.25, -0.2) is 8.91 Å². The lowest BCUT2D eigenvalue weighted by molar-refractivity contribution is 0.404. The molecule has 0 saturated carbocycles. The Bertz CT molecular complexity index is 332. The fourth-order valence-corrected chi connectivity index (χ4v) is 1.38.